The Morgan fingerprint density at radius 2 is 1.90 bits per heavy atom. The largest absolute Gasteiger partial charge is 0.507 e. The smallest absolute Gasteiger partial charge is 0.142 e. The van der Waals surface area contributed by atoms with Crippen molar-refractivity contribution in [3.8, 4) is 33.9 Å². The summed E-state index contributed by atoms with van der Waals surface area (Å²) in [5, 5.41) is 14.0. The summed E-state index contributed by atoms with van der Waals surface area (Å²) in [6, 6.07) is 13.5. The number of benzene rings is 2. The van der Waals surface area contributed by atoms with Crippen LogP contribution in [0.3, 0.4) is 0 Å². The molecule has 0 aliphatic carbocycles. The summed E-state index contributed by atoms with van der Waals surface area (Å²) in [6.07, 6.45) is 2.49. The standard InChI is InChI=1S/C24H25ClFN3O2/c1-31-18-5-6-19(23(30)15-18)22-13-17(16-4-7-20(25)21(26)12-16)14-24(28-22)27-8-11-29-9-2-3-10-29/h4-7,12-15,30H,2-3,8-11H2,1H3,(H,27,28). The molecule has 1 aliphatic rings. The van der Waals surface area contributed by atoms with Crippen LogP contribution in [0.5, 0.6) is 11.5 Å². The Bertz CT molecular complexity index is 1070. The van der Waals surface area contributed by atoms with Gasteiger partial charge in [-0.15, -0.1) is 0 Å². The van der Waals surface area contributed by atoms with E-state index in [0.717, 1.165) is 31.7 Å². The Hall–Kier alpha value is -2.83. The van der Waals surface area contributed by atoms with E-state index in [-0.39, 0.29) is 10.8 Å². The second-order valence-corrected chi connectivity index (χ2v) is 8.02. The fourth-order valence-corrected chi connectivity index (χ4v) is 3.92. The van der Waals surface area contributed by atoms with Gasteiger partial charge in [-0.05, 0) is 73.5 Å². The first-order chi connectivity index (χ1) is 15.0. The fourth-order valence-electron chi connectivity index (χ4n) is 3.80. The molecule has 31 heavy (non-hydrogen) atoms. The van der Waals surface area contributed by atoms with Crippen LogP contribution in [-0.2, 0) is 0 Å². The maximum Gasteiger partial charge on any atom is 0.142 e. The third-order valence-electron chi connectivity index (χ3n) is 5.49. The van der Waals surface area contributed by atoms with Gasteiger partial charge in [-0.25, -0.2) is 9.37 Å². The Balaban J connectivity index is 1.68. The number of ether oxygens (including phenoxy) is 1. The van der Waals surface area contributed by atoms with Crippen molar-refractivity contribution < 1.29 is 14.2 Å². The highest BCUT2D eigenvalue weighted by Crippen LogP contribution is 2.35. The Kier molecular flexibility index (Phi) is 6.59. The van der Waals surface area contributed by atoms with E-state index < -0.39 is 5.82 Å². The van der Waals surface area contributed by atoms with Crippen molar-refractivity contribution in [2.24, 2.45) is 0 Å². The number of halogens is 2. The highest BCUT2D eigenvalue weighted by molar-refractivity contribution is 6.30. The number of likely N-dealkylation sites (tertiary alicyclic amines) is 1. The topological polar surface area (TPSA) is 57.6 Å². The number of phenolic OH excluding ortho intramolecular Hbond substituents is 1. The molecule has 7 heteroatoms. The second kappa shape index (κ2) is 9.54. The van der Waals surface area contributed by atoms with Gasteiger partial charge in [-0.2, -0.15) is 0 Å². The van der Waals surface area contributed by atoms with Crippen LogP contribution in [0.25, 0.3) is 22.4 Å². The molecule has 1 aromatic heterocycles. The van der Waals surface area contributed by atoms with Crippen molar-refractivity contribution >= 4 is 17.4 Å². The molecule has 2 heterocycles. The van der Waals surface area contributed by atoms with Crippen LogP contribution in [0.4, 0.5) is 10.2 Å². The lowest BCUT2D eigenvalue weighted by atomic mass is 10.0. The number of nitrogens with one attached hydrogen (secondary N) is 1. The number of anilines is 1. The van der Waals surface area contributed by atoms with Gasteiger partial charge in [0.15, 0.2) is 0 Å². The maximum absolute atomic E-state index is 14.1. The van der Waals surface area contributed by atoms with Gasteiger partial charge in [0.05, 0.1) is 17.8 Å². The summed E-state index contributed by atoms with van der Waals surface area (Å²) in [4.78, 5) is 7.12. The minimum absolute atomic E-state index is 0.0642. The normalized spacial score (nSPS) is 14.0. The van der Waals surface area contributed by atoms with Crippen molar-refractivity contribution in [3.63, 3.8) is 0 Å². The van der Waals surface area contributed by atoms with Crippen LogP contribution in [0.1, 0.15) is 12.8 Å². The summed E-state index contributed by atoms with van der Waals surface area (Å²) in [6.45, 7) is 3.94. The zero-order valence-corrected chi connectivity index (χ0v) is 18.1. The predicted octanol–water partition coefficient (Wildman–Crippen LogP) is 5.43. The van der Waals surface area contributed by atoms with E-state index in [1.165, 1.54) is 25.0 Å². The van der Waals surface area contributed by atoms with E-state index in [1.807, 2.05) is 12.1 Å². The van der Waals surface area contributed by atoms with Crippen LogP contribution in [0.2, 0.25) is 5.02 Å². The molecule has 1 fully saturated rings. The van der Waals surface area contributed by atoms with Crippen LogP contribution >= 0.6 is 11.6 Å². The number of methoxy groups -OCH3 is 1. The third kappa shape index (κ3) is 5.09. The third-order valence-corrected chi connectivity index (χ3v) is 5.80. The zero-order valence-electron chi connectivity index (χ0n) is 17.4. The summed E-state index contributed by atoms with van der Waals surface area (Å²) in [5.41, 5.74) is 2.61. The van der Waals surface area contributed by atoms with Crippen LogP contribution < -0.4 is 10.1 Å². The molecule has 3 aromatic rings. The van der Waals surface area contributed by atoms with Gasteiger partial charge < -0.3 is 20.1 Å². The Morgan fingerprint density at radius 3 is 2.61 bits per heavy atom. The molecule has 1 aliphatic heterocycles. The molecule has 0 unspecified atom stereocenters. The molecule has 0 radical (unpaired) electrons. The first-order valence-corrected chi connectivity index (χ1v) is 10.7. The molecule has 0 amide bonds. The van der Waals surface area contributed by atoms with Gasteiger partial charge in [-0.3, -0.25) is 0 Å². The van der Waals surface area contributed by atoms with Crippen molar-refractivity contribution in [3.05, 3.63) is 59.4 Å². The van der Waals surface area contributed by atoms with Crippen LogP contribution in [-0.4, -0.2) is 48.3 Å². The molecule has 1 saturated heterocycles. The lowest BCUT2D eigenvalue weighted by Crippen LogP contribution is -2.26. The molecule has 5 nitrogen and oxygen atoms in total. The monoisotopic (exact) mass is 441 g/mol. The molecular formula is C24H25ClFN3O2. The van der Waals surface area contributed by atoms with E-state index in [2.05, 4.69) is 10.2 Å². The SMILES string of the molecule is COc1ccc(-c2cc(-c3ccc(Cl)c(F)c3)cc(NCCN3CCCC3)n2)c(O)c1. The first kappa shape index (κ1) is 21.4. The van der Waals surface area contributed by atoms with Gasteiger partial charge in [0.1, 0.15) is 23.1 Å². The van der Waals surface area contributed by atoms with Crippen molar-refractivity contribution in [2.75, 3.05) is 38.6 Å². The molecule has 2 N–H and O–H groups in total. The molecular weight excluding hydrogens is 417 g/mol. The van der Waals surface area contributed by atoms with E-state index in [0.29, 0.717) is 28.4 Å². The van der Waals surface area contributed by atoms with Crippen LogP contribution in [0.15, 0.2) is 48.5 Å². The molecule has 0 spiro atoms. The molecule has 2 aromatic carbocycles. The zero-order chi connectivity index (χ0) is 21.8. The van der Waals surface area contributed by atoms with E-state index in [9.17, 15) is 9.50 Å². The molecule has 0 bridgehead atoms. The highest BCUT2D eigenvalue weighted by atomic mass is 35.5. The predicted molar refractivity (Wildman–Crippen MR) is 122 cm³/mol. The average molecular weight is 442 g/mol. The van der Waals surface area contributed by atoms with Gasteiger partial charge >= 0.3 is 0 Å². The summed E-state index contributed by atoms with van der Waals surface area (Å²) in [5.74, 6) is 0.807. The second-order valence-electron chi connectivity index (χ2n) is 7.61. The Morgan fingerprint density at radius 1 is 1.10 bits per heavy atom. The first-order valence-electron chi connectivity index (χ1n) is 10.3. The summed E-state index contributed by atoms with van der Waals surface area (Å²) < 4.78 is 19.3. The van der Waals surface area contributed by atoms with Gasteiger partial charge in [0.25, 0.3) is 0 Å². The fraction of sp³-hybridized carbons (Fsp3) is 0.292. The number of aromatic nitrogens is 1. The van der Waals surface area contributed by atoms with Crippen molar-refractivity contribution in [1.29, 1.82) is 0 Å². The average Bonchev–Trinajstić information content (AvgIpc) is 3.29. The number of hydrogen-bond donors (Lipinski definition) is 2. The highest BCUT2D eigenvalue weighted by Gasteiger charge is 2.14. The van der Waals surface area contributed by atoms with Gasteiger partial charge in [0, 0.05) is 24.7 Å². The number of aromatic hydroxyl groups is 1. The lowest BCUT2D eigenvalue weighted by molar-refractivity contribution is 0.352. The minimum Gasteiger partial charge on any atom is -0.507 e. The quantitative estimate of drug-likeness (QED) is 0.512. The van der Waals surface area contributed by atoms with E-state index >= 15 is 0 Å². The number of pyridine rings is 1. The van der Waals surface area contributed by atoms with Gasteiger partial charge in [-0.1, -0.05) is 17.7 Å². The molecule has 0 atom stereocenters. The Labute approximate surface area is 186 Å². The van der Waals surface area contributed by atoms with Crippen molar-refractivity contribution in [1.82, 2.24) is 9.88 Å². The summed E-state index contributed by atoms with van der Waals surface area (Å²) in [7, 11) is 1.55. The number of hydrogen-bond acceptors (Lipinski definition) is 5. The molecule has 162 valence electrons. The lowest BCUT2D eigenvalue weighted by Gasteiger charge is -2.16. The summed E-state index contributed by atoms with van der Waals surface area (Å²) >= 11 is 5.86. The number of rotatable bonds is 7. The van der Waals surface area contributed by atoms with Crippen molar-refractivity contribution in [2.45, 2.75) is 12.8 Å². The van der Waals surface area contributed by atoms with Crippen LogP contribution in [0, 0.1) is 5.82 Å². The van der Waals surface area contributed by atoms with E-state index in [1.54, 1.807) is 31.4 Å². The maximum atomic E-state index is 14.1. The number of nitrogens with zero attached hydrogens (tertiary/aromatic N) is 2. The van der Waals surface area contributed by atoms with E-state index in [4.69, 9.17) is 21.3 Å². The molecule has 0 saturated carbocycles. The minimum atomic E-state index is -0.478. The number of phenols is 1. The molecule has 4 rings (SSSR count). The van der Waals surface area contributed by atoms with Gasteiger partial charge in [0.2, 0.25) is 0 Å².